The molecule has 0 spiro atoms. The molecule has 1 atom stereocenters. The van der Waals surface area contributed by atoms with Gasteiger partial charge in [0, 0.05) is 26.2 Å². The number of nitrogens with one attached hydrogen (secondary N) is 1. The van der Waals surface area contributed by atoms with Crippen LogP contribution in [0.3, 0.4) is 0 Å². The first-order valence-corrected chi connectivity index (χ1v) is 6.05. The maximum atomic E-state index is 6.13. The normalized spacial score (nSPS) is 21.0. The highest BCUT2D eigenvalue weighted by molar-refractivity contribution is 4.72. The summed E-state index contributed by atoms with van der Waals surface area (Å²) < 4.78 is 0. The van der Waals surface area contributed by atoms with Gasteiger partial charge in [0.1, 0.15) is 0 Å². The van der Waals surface area contributed by atoms with Crippen molar-refractivity contribution in [2.45, 2.75) is 45.2 Å². The van der Waals surface area contributed by atoms with E-state index in [0.29, 0.717) is 6.17 Å². The van der Waals surface area contributed by atoms with Crippen LogP contribution < -0.4 is 11.1 Å². The second kappa shape index (κ2) is 7.21. The third kappa shape index (κ3) is 4.40. The summed E-state index contributed by atoms with van der Waals surface area (Å²) in [4.78, 5) is 2.41. The molecule has 1 fully saturated rings. The lowest BCUT2D eigenvalue weighted by atomic mass is 10.1. The molecule has 1 aliphatic rings. The molecule has 3 nitrogen and oxygen atoms in total. The largest absolute Gasteiger partial charge is 0.316 e. The van der Waals surface area contributed by atoms with E-state index in [1.54, 1.807) is 0 Å². The van der Waals surface area contributed by atoms with Gasteiger partial charge in [0.15, 0.2) is 0 Å². The molecule has 1 aliphatic heterocycles. The molecule has 0 aromatic carbocycles. The van der Waals surface area contributed by atoms with Crippen molar-refractivity contribution >= 4 is 0 Å². The Hall–Kier alpha value is -0.120. The molecule has 0 bridgehead atoms. The Morgan fingerprint density at radius 2 is 1.93 bits per heavy atom. The van der Waals surface area contributed by atoms with Crippen molar-refractivity contribution < 1.29 is 0 Å². The van der Waals surface area contributed by atoms with Gasteiger partial charge in [0.05, 0.1) is 6.17 Å². The highest BCUT2D eigenvalue weighted by atomic mass is 15.3. The summed E-state index contributed by atoms with van der Waals surface area (Å²) in [6.07, 6.45) is 6.76. The lowest BCUT2D eigenvalue weighted by Crippen LogP contribution is -2.51. The van der Waals surface area contributed by atoms with Crippen LogP contribution in [0, 0.1) is 0 Å². The Balaban J connectivity index is 2.04. The van der Waals surface area contributed by atoms with Crippen molar-refractivity contribution in [1.29, 1.82) is 0 Å². The third-order valence-electron chi connectivity index (χ3n) is 2.97. The molecular weight excluding hydrogens is 174 g/mol. The molecule has 1 saturated heterocycles. The first-order valence-electron chi connectivity index (χ1n) is 6.05. The van der Waals surface area contributed by atoms with Gasteiger partial charge in [-0.2, -0.15) is 0 Å². The van der Waals surface area contributed by atoms with Crippen LogP contribution >= 0.6 is 0 Å². The second-order valence-corrected chi connectivity index (χ2v) is 4.20. The number of hydrogen-bond acceptors (Lipinski definition) is 3. The van der Waals surface area contributed by atoms with Gasteiger partial charge < -0.3 is 11.1 Å². The van der Waals surface area contributed by atoms with Crippen LogP contribution in [0.5, 0.6) is 0 Å². The Bertz CT molecular complexity index is 132. The number of nitrogens with zero attached hydrogens (tertiary/aromatic N) is 1. The average Bonchev–Trinajstić information content (AvgIpc) is 2.25. The molecular formula is C11H25N3. The van der Waals surface area contributed by atoms with E-state index in [0.717, 1.165) is 26.2 Å². The van der Waals surface area contributed by atoms with E-state index in [-0.39, 0.29) is 0 Å². The van der Waals surface area contributed by atoms with Crippen molar-refractivity contribution in [1.82, 2.24) is 10.2 Å². The topological polar surface area (TPSA) is 41.3 Å². The number of nitrogens with two attached hydrogens (primary N) is 1. The van der Waals surface area contributed by atoms with E-state index in [1.807, 2.05) is 0 Å². The van der Waals surface area contributed by atoms with Crippen LogP contribution in [0.2, 0.25) is 0 Å². The average molecular weight is 199 g/mol. The van der Waals surface area contributed by atoms with Gasteiger partial charge in [-0.25, -0.2) is 0 Å². The van der Waals surface area contributed by atoms with Crippen molar-refractivity contribution in [3.05, 3.63) is 0 Å². The van der Waals surface area contributed by atoms with E-state index in [2.05, 4.69) is 17.1 Å². The summed E-state index contributed by atoms with van der Waals surface area (Å²) in [6.45, 7) is 6.69. The quantitative estimate of drug-likeness (QED) is 0.631. The summed E-state index contributed by atoms with van der Waals surface area (Å²) >= 11 is 0. The Morgan fingerprint density at radius 1 is 1.21 bits per heavy atom. The van der Waals surface area contributed by atoms with Crippen molar-refractivity contribution in [2.75, 3.05) is 26.2 Å². The molecule has 14 heavy (non-hydrogen) atoms. The van der Waals surface area contributed by atoms with Gasteiger partial charge in [-0.3, -0.25) is 4.90 Å². The van der Waals surface area contributed by atoms with Crippen molar-refractivity contribution in [3.8, 4) is 0 Å². The minimum absolute atomic E-state index is 0.300. The first kappa shape index (κ1) is 12.0. The number of hydrogen-bond donors (Lipinski definition) is 2. The van der Waals surface area contributed by atoms with Gasteiger partial charge in [0.25, 0.3) is 0 Å². The smallest absolute Gasteiger partial charge is 0.0572 e. The highest BCUT2D eigenvalue weighted by Gasteiger charge is 2.15. The molecule has 0 aromatic heterocycles. The third-order valence-corrected chi connectivity index (χ3v) is 2.97. The fourth-order valence-corrected chi connectivity index (χ4v) is 1.98. The number of unbranched alkanes of at least 4 members (excludes halogenated alkanes) is 3. The van der Waals surface area contributed by atoms with Gasteiger partial charge in [-0.1, -0.05) is 32.6 Å². The second-order valence-electron chi connectivity index (χ2n) is 4.20. The molecule has 3 heteroatoms. The van der Waals surface area contributed by atoms with Crippen LogP contribution in [0.4, 0.5) is 0 Å². The van der Waals surface area contributed by atoms with E-state index < -0.39 is 0 Å². The molecule has 1 unspecified atom stereocenters. The maximum absolute atomic E-state index is 6.13. The molecule has 1 heterocycles. The summed E-state index contributed by atoms with van der Waals surface area (Å²) in [5.41, 5.74) is 6.13. The predicted octanol–water partition coefficient (Wildman–Crippen LogP) is 1.15. The van der Waals surface area contributed by atoms with Gasteiger partial charge in [0.2, 0.25) is 0 Å². The van der Waals surface area contributed by atoms with Crippen LogP contribution in [0.1, 0.15) is 39.0 Å². The zero-order valence-electron chi connectivity index (χ0n) is 9.47. The Labute approximate surface area is 88.0 Å². The first-order chi connectivity index (χ1) is 6.84. The Kier molecular flexibility index (Phi) is 6.15. The number of piperazine rings is 1. The molecule has 0 aromatic rings. The number of rotatable bonds is 6. The summed E-state index contributed by atoms with van der Waals surface area (Å²) in [7, 11) is 0. The molecule has 3 N–H and O–H groups in total. The molecule has 0 aliphatic carbocycles. The van der Waals surface area contributed by atoms with Crippen molar-refractivity contribution in [2.24, 2.45) is 5.73 Å². The maximum Gasteiger partial charge on any atom is 0.0572 e. The standard InChI is InChI=1S/C11H25N3/c1-2-3-4-5-6-11(12)14-9-7-13-8-10-14/h11,13H,2-10,12H2,1H3. The molecule has 84 valence electrons. The molecule has 0 amide bonds. The molecule has 0 radical (unpaired) electrons. The van der Waals surface area contributed by atoms with Crippen LogP contribution in [-0.2, 0) is 0 Å². The van der Waals surface area contributed by atoms with E-state index in [4.69, 9.17) is 5.73 Å². The SMILES string of the molecule is CCCCCCC(N)N1CCNCC1. The summed E-state index contributed by atoms with van der Waals surface area (Å²) in [6, 6.07) is 0. The zero-order valence-corrected chi connectivity index (χ0v) is 9.47. The summed E-state index contributed by atoms with van der Waals surface area (Å²) in [5.74, 6) is 0. The highest BCUT2D eigenvalue weighted by Crippen LogP contribution is 2.07. The minimum Gasteiger partial charge on any atom is -0.316 e. The fourth-order valence-electron chi connectivity index (χ4n) is 1.98. The van der Waals surface area contributed by atoms with Gasteiger partial charge in [-0.15, -0.1) is 0 Å². The lowest BCUT2D eigenvalue weighted by Gasteiger charge is -2.32. The zero-order chi connectivity index (χ0) is 10.2. The molecule has 0 saturated carbocycles. The minimum atomic E-state index is 0.300. The van der Waals surface area contributed by atoms with Crippen LogP contribution in [-0.4, -0.2) is 37.2 Å². The van der Waals surface area contributed by atoms with Crippen LogP contribution in [0.15, 0.2) is 0 Å². The van der Waals surface area contributed by atoms with Gasteiger partial charge >= 0.3 is 0 Å². The lowest BCUT2D eigenvalue weighted by molar-refractivity contribution is 0.165. The van der Waals surface area contributed by atoms with E-state index in [9.17, 15) is 0 Å². The van der Waals surface area contributed by atoms with Crippen LogP contribution in [0.25, 0.3) is 0 Å². The molecule has 1 rings (SSSR count). The van der Waals surface area contributed by atoms with Gasteiger partial charge in [-0.05, 0) is 6.42 Å². The Morgan fingerprint density at radius 3 is 2.57 bits per heavy atom. The van der Waals surface area contributed by atoms with Crippen molar-refractivity contribution in [3.63, 3.8) is 0 Å². The monoisotopic (exact) mass is 199 g/mol. The predicted molar refractivity (Wildman–Crippen MR) is 61.2 cm³/mol. The summed E-state index contributed by atoms with van der Waals surface area (Å²) in [5, 5.41) is 3.35. The fraction of sp³-hybridized carbons (Fsp3) is 1.00. The van der Waals surface area contributed by atoms with E-state index in [1.165, 1.54) is 32.1 Å². The van der Waals surface area contributed by atoms with E-state index >= 15 is 0 Å².